The van der Waals surface area contributed by atoms with Crippen LogP contribution in [-0.2, 0) is 16.7 Å². The summed E-state index contributed by atoms with van der Waals surface area (Å²) in [5.74, 6) is 0.813. The molecule has 8 heteroatoms. The van der Waals surface area contributed by atoms with Crippen molar-refractivity contribution in [3.8, 4) is 5.75 Å². The second-order valence-electron chi connectivity index (χ2n) is 5.56. The third-order valence-electron chi connectivity index (χ3n) is 3.71. The molecule has 5 nitrogen and oxygen atoms in total. The molecule has 0 atom stereocenters. The van der Waals surface area contributed by atoms with E-state index in [9.17, 15) is 17.4 Å². The van der Waals surface area contributed by atoms with Gasteiger partial charge in [-0.25, -0.2) is 12.8 Å². The fourth-order valence-corrected chi connectivity index (χ4v) is 3.87. The maximum absolute atomic E-state index is 12.4. The summed E-state index contributed by atoms with van der Waals surface area (Å²) in [7, 11) is -2.63. The summed E-state index contributed by atoms with van der Waals surface area (Å²) in [6.45, 7) is 3.90. The van der Waals surface area contributed by atoms with Gasteiger partial charge in [-0.2, -0.15) is 4.57 Å². The molecule has 0 bridgehead atoms. The first-order chi connectivity index (χ1) is 12.3. The molecule has 0 saturated carbocycles. The van der Waals surface area contributed by atoms with Crippen LogP contribution < -0.4 is 9.30 Å². The molecule has 0 spiro atoms. The number of rotatable bonds is 4. The first-order valence-corrected chi connectivity index (χ1v) is 10.0. The Morgan fingerprint density at radius 1 is 1.15 bits per heavy atom. The smallest absolute Gasteiger partial charge is 0.235 e. The zero-order valence-corrected chi connectivity index (χ0v) is 16.4. The quantitative estimate of drug-likeness (QED) is 0.500. The Morgan fingerprint density at radius 2 is 1.81 bits per heavy atom. The molecule has 0 N–H and O–H groups in total. The molecule has 0 fully saturated rings. The van der Waals surface area contributed by atoms with Crippen molar-refractivity contribution in [1.29, 1.82) is 0 Å². The van der Waals surface area contributed by atoms with E-state index < -0.39 is 10.1 Å². The van der Waals surface area contributed by atoms with E-state index in [4.69, 9.17) is 4.74 Å². The van der Waals surface area contributed by atoms with Gasteiger partial charge in [0.05, 0.1) is 18.1 Å². The number of benzene rings is 2. The van der Waals surface area contributed by atoms with Crippen LogP contribution in [0.4, 0.5) is 4.39 Å². The van der Waals surface area contributed by atoms with Gasteiger partial charge in [0.2, 0.25) is 10.5 Å². The predicted octanol–water partition coefficient (Wildman–Crippen LogP) is 3.37. The lowest BCUT2D eigenvalue weighted by Gasteiger charge is -2.05. The molecule has 0 aliphatic rings. The summed E-state index contributed by atoms with van der Waals surface area (Å²) in [6.07, 6.45) is 0. The van der Waals surface area contributed by atoms with Crippen molar-refractivity contribution in [2.24, 2.45) is 0 Å². The highest BCUT2D eigenvalue weighted by molar-refractivity contribution is 7.85. The molecule has 3 aromatic rings. The second-order valence-corrected chi connectivity index (χ2v) is 8.18. The van der Waals surface area contributed by atoms with Crippen LogP contribution in [0.25, 0.3) is 10.2 Å². The SMILES string of the molecule is COc1ccc2sc(C)[n+](CCF)c2c1.Cc1ccc(S(=O)(=O)[O-])cc1. The third kappa shape index (κ3) is 5.00. The number of methoxy groups -OCH3 is 1. The van der Waals surface area contributed by atoms with Gasteiger partial charge in [0.1, 0.15) is 27.2 Å². The standard InChI is InChI=1S/C11H13FNOS.C7H8O3S/c1-8-13(6-5-12)10-7-9(14-2)3-4-11(10)15-8;1-6-2-4-7(5-3-6)11(8,9)10/h3-4,7H,5-6H2,1-2H3;2-5H,1H3,(H,8,9,10)/q+1;/p-1. The summed E-state index contributed by atoms with van der Waals surface area (Å²) in [5.41, 5.74) is 1.98. The fourth-order valence-electron chi connectivity index (χ4n) is 2.37. The van der Waals surface area contributed by atoms with Crippen molar-refractivity contribution >= 4 is 31.7 Å². The van der Waals surface area contributed by atoms with Gasteiger partial charge in [0.25, 0.3) is 0 Å². The maximum atomic E-state index is 12.4. The van der Waals surface area contributed by atoms with E-state index in [1.807, 2.05) is 36.6 Å². The number of fused-ring (bicyclic) bond motifs is 1. The van der Waals surface area contributed by atoms with E-state index in [1.54, 1.807) is 30.6 Å². The molecule has 0 unspecified atom stereocenters. The first kappa shape index (κ1) is 20.3. The van der Waals surface area contributed by atoms with Gasteiger partial charge < -0.3 is 9.29 Å². The molecule has 2 aromatic carbocycles. The number of ether oxygens (including phenoxy) is 1. The zero-order chi connectivity index (χ0) is 19.3. The number of alkyl halides is 1. The average molecular weight is 397 g/mol. The minimum Gasteiger partial charge on any atom is -0.744 e. The van der Waals surface area contributed by atoms with Crippen LogP contribution in [0, 0.1) is 13.8 Å². The summed E-state index contributed by atoms with van der Waals surface area (Å²) >= 11 is 1.68. The second kappa shape index (κ2) is 8.57. The lowest BCUT2D eigenvalue weighted by molar-refractivity contribution is -0.672. The molecule has 0 aliphatic heterocycles. The van der Waals surface area contributed by atoms with Crippen LogP contribution >= 0.6 is 11.3 Å². The van der Waals surface area contributed by atoms with E-state index in [-0.39, 0.29) is 11.6 Å². The molecule has 0 radical (unpaired) electrons. The highest BCUT2D eigenvalue weighted by Crippen LogP contribution is 2.24. The van der Waals surface area contributed by atoms with Crippen LogP contribution in [0.2, 0.25) is 0 Å². The van der Waals surface area contributed by atoms with Crippen molar-refractivity contribution < 1.29 is 26.7 Å². The van der Waals surface area contributed by atoms with Gasteiger partial charge in [0, 0.05) is 6.92 Å². The van der Waals surface area contributed by atoms with E-state index in [2.05, 4.69) is 0 Å². The number of nitrogens with zero attached hydrogens (tertiary/aromatic N) is 1. The summed E-state index contributed by atoms with van der Waals surface area (Å²) < 4.78 is 51.9. The molecule has 3 rings (SSSR count). The highest BCUT2D eigenvalue weighted by atomic mass is 32.2. The highest BCUT2D eigenvalue weighted by Gasteiger charge is 2.17. The Labute approximate surface area is 156 Å². The van der Waals surface area contributed by atoms with Gasteiger partial charge in [-0.15, -0.1) is 0 Å². The molecular weight excluding hydrogens is 377 g/mol. The minimum absolute atomic E-state index is 0.178. The van der Waals surface area contributed by atoms with Crippen molar-refractivity contribution in [2.75, 3.05) is 13.8 Å². The molecule has 1 aromatic heterocycles. The molecule has 26 heavy (non-hydrogen) atoms. The van der Waals surface area contributed by atoms with Crippen molar-refractivity contribution in [3.05, 3.63) is 53.0 Å². The first-order valence-electron chi connectivity index (χ1n) is 7.81. The van der Waals surface area contributed by atoms with Crippen molar-refractivity contribution in [1.82, 2.24) is 0 Å². The number of halogens is 1. The van der Waals surface area contributed by atoms with Crippen molar-refractivity contribution in [3.63, 3.8) is 0 Å². The van der Waals surface area contributed by atoms with Crippen LogP contribution in [0.15, 0.2) is 47.4 Å². The monoisotopic (exact) mass is 397 g/mol. The molecule has 0 amide bonds. The predicted molar refractivity (Wildman–Crippen MR) is 98.4 cm³/mol. The Morgan fingerprint density at radius 3 is 2.35 bits per heavy atom. The summed E-state index contributed by atoms with van der Waals surface area (Å²) in [5, 5.41) is 1.12. The molecule has 1 heterocycles. The fraction of sp³-hybridized carbons (Fsp3) is 0.278. The van der Waals surface area contributed by atoms with Crippen LogP contribution in [-0.4, -0.2) is 26.8 Å². The van der Waals surface area contributed by atoms with Gasteiger partial charge >= 0.3 is 0 Å². The van der Waals surface area contributed by atoms with E-state index in [0.717, 1.165) is 21.8 Å². The van der Waals surface area contributed by atoms with Crippen LogP contribution in [0.3, 0.4) is 0 Å². The zero-order valence-electron chi connectivity index (χ0n) is 14.7. The van der Waals surface area contributed by atoms with E-state index in [1.165, 1.54) is 16.8 Å². The average Bonchev–Trinajstić information content (AvgIpc) is 2.90. The molecule has 0 saturated heterocycles. The maximum Gasteiger partial charge on any atom is 0.235 e. The summed E-state index contributed by atoms with van der Waals surface area (Å²) in [4.78, 5) is -0.178. The number of aryl methyl sites for hydroxylation is 3. The normalized spacial score (nSPS) is 11.1. The van der Waals surface area contributed by atoms with Crippen LogP contribution in [0.1, 0.15) is 10.6 Å². The van der Waals surface area contributed by atoms with Gasteiger partial charge in [-0.05, 0) is 31.2 Å². The number of aromatic nitrogens is 1. The third-order valence-corrected chi connectivity index (χ3v) is 5.64. The Kier molecular flexibility index (Phi) is 6.69. The number of hydrogen-bond acceptors (Lipinski definition) is 5. The number of thiazole rings is 1. The topological polar surface area (TPSA) is 70.3 Å². The molecular formula is C18H20FNO4S2. The Balaban J connectivity index is 0.000000197. The number of hydrogen-bond donors (Lipinski definition) is 0. The van der Waals surface area contributed by atoms with Crippen LogP contribution in [0.5, 0.6) is 5.75 Å². The van der Waals surface area contributed by atoms with Crippen molar-refractivity contribution in [2.45, 2.75) is 25.3 Å². The van der Waals surface area contributed by atoms with Gasteiger partial charge in [-0.1, -0.05) is 29.0 Å². The van der Waals surface area contributed by atoms with Gasteiger partial charge in [-0.3, -0.25) is 0 Å². The molecule has 140 valence electrons. The van der Waals surface area contributed by atoms with E-state index in [0.29, 0.717) is 6.54 Å². The van der Waals surface area contributed by atoms with Gasteiger partial charge in [0.15, 0.2) is 6.54 Å². The molecule has 0 aliphatic carbocycles. The lowest BCUT2D eigenvalue weighted by atomic mass is 10.2. The Hall–Kier alpha value is -2.03. The summed E-state index contributed by atoms with van der Waals surface area (Å²) in [6, 6.07) is 11.7. The van der Waals surface area contributed by atoms with E-state index >= 15 is 0 Å². The minimum atomic E-state index is -4.27. The Bertz CT molecular complexity index is 982. The lowest BCUT2D eigenvalue weighted by Crippen LogP contribution is -2.35. The largest absolute Gasteiger partial charge is 0.744 e.